The number of hydrogen-bond acceptors (Lipinski definition) is 5. The number of non-ortho nitro benzene ring substituents is 1. The predicted molar refractivity (Wildman–Crippen MR) is 75.3 cm³/mol. The number of nitro benzene ring substituents is 1. The second-order valence-electron chi connectivity index (χ2n) is 4.97. The second-order valence-corrected chi connectivity index (χ2v) is 4.97. The number of carbonyl (C=O) groups is 1. The van der Waals surface area contributed by atoms with Crippen LogP contribution >= 0.6 is 0 Å². The van der Waals surface area contributed by atoms with Gasteiger partial charge in [0.2, 0.25) is 0 Å². The molecule has 0 unspecified atom stereocenters. The van der Waals surface area contributed by atoms with Crippen LogP contribution in [0.3, 0.4) is 0 Å². The van der Waals surface area contributed by atoms with Crippen molar-refractivity contribution in [3.8, 4) is 0 Å². The maximum Gasteiger partial charge on any atom is 0.270 e. The van der Waals surface area contributed by atoms with Crippen LogP contribution in [-0.2, 0) is 4.74 Å². The van der Waals surface area contributed by atoms with Crippen molar-refractivity contribution in [1.29, 1.82) is 0 Å². The van der Waals surface area contributed by atoms with Gasteiger partial charge in [-0.1, -0.05) is 0 Å². The predicted octanol–water partition coefficient (Wildman–Crippen LogP) is 2.41. The molecule has 0 spiro atoms. The van der Waals surface area contributed by atoms with Crippen molar-refractivity contribution in [3.05, 3.63) is 33.9 Å². The molecule has 0 amide bonds. The summed E-state index contributed by atoms with van der Waals surface area (Å²) in [6, 6.07) is 4.75. The molecule has 2 rings (SSSR count). The van der Waals surface area contributed by atoms with Gasteiger partial charge in [-0.05, 0) is 25.8 Å². The van der Waals surface area contributed by atoms with Gasteiger partial charge in [-0.15, -0.1) is 0 Å². The molecule has 20 heavy (non-hydrogen) atoms. The number of benzene rings is 1. The van der Waals surface area contributed by atoms with E-state index in [2.05, 4.69) is 0 Å². The largest absolute Gasteiger partial charge is 0.381 e. The molecule has 0 aromatic heterocycles. The van der Waals surface area contributed by atoms with Gasteiger partial charge in [-0.2, -0.15) is 0 Å². The van der Waals surface area contributed by atoms with Crippen molar-refractivity contribution in [1.82, 2.24) is 0 Å². The summed E-state index contributed by atoms with van der Waals surface area (Å²) in [5, 5.41) is 10.8. The number of Topliss-reactive ketones (excluding diaryl/α,β-unsaturated/α-hetero) is 1. The highest BCUT2D eigenvalue weighted by atomic mass is 16.6. The molecule has 0 bridgehead atoms. The minimum Gasteiger partial charge on any atom is -0.381 e. The first-order valence-corrected chi connectivity index (χ1v) is 6.60. The molecular formula is C14H18N2O4. The van der Waals surface area contributed by atoms with E-state index in [4.69, 9.17) is 4.74 Å². The van der Waals surface area contributed by atoms with E-state index in [9.17, 15) is 14.9 Å². The summed E-state index contributed by atoms with van der Waals surface area (Å²) in [6.45, 7) is 2.84. The van der Waals surface area contributed by atoms with Crippen molar-refractivity contribution in [2.45, 2.75) is 25.8 Å². The van der Waals surface area contributed by atoms with Gasteiger partial charge in [0.25, 0.3) is 5.69 Å². The molecular weight excluding hydrogens is 260 g/mol. The van der Waals surface area contributed by atoms with Gasteiger partial charge in [0.1, 0.15) is 0 Å². The van der Waals surface area contributed by atoms with Crippen molar-refractivity contribution in [2.24, 2.45) is 0 Å². The molecule has 0 radical (unpaired) electrons. The Hall–Kier alpha value is -1.95. The number of ether oxygens (including phenoxy) is 1. The number of nitro groups is 1. The lowest BCUT2D eigenvalue weighted by Gasteiger charge is -2.33. The van der Waals surface area contributed by atoms with Crippen LogP contribution < -0.4 is 4.90 Å². The molecule has 1 fully saturated rings. The third-order valence-electron chi connectivity index (χ3n) is 3.69. The fourth-order valence-electron chi connectivity index (χ4n) is 2.50. The number of nitrogens with zero attached hydrogens (tertiary/aromatic N) is 2. The Kier molecular flexibility index (Phi) is 4.34. The van der Waals surface area contributed by atoms with E-state index >= 15 is 0 Å². The SMILES string of the molecule is CC(=O)c1cc([N+](=O)[O-])ccc1N(C)C1CCOCC1. The van der Waals surface area contributed by atoms with E-state index in [1.54, 1.807) is 6.07 Å². The van der Waals surface area contributed by atoms with Crippen molar-refractivity contribution in [2.75, 3.05) is 25.2 Å². The normalized spacial score (nSPS) is 15.9. The highest BCUT2D eigenvalue weighted by Crippen LogP contribution is 2.28. The number of ketones is 1. The van der Waals surface area contributed by atoms with Gasteiger partial charge in [0, 0.05) is 49.7 Å². The minimum atomic E-state index is -0.481. The van der Waals surface area contributed by atoms with E-state index in [1.807, 2.05) is 11.9 Å². The van der Waals surface area contributed by atoms with Crippen LogP contribution in [0.15, 0.2) is 18.2 Å². The number of rotatable bonds is 4. The molecule has 0 atom stereocenters. The molecule has 0 aliphatic carbocycles. The molecule has 1 saturated heterocycles. The summed E-state index contributed by atoms with van der Waals surface area (Å²) in [5.41, 5.74) is 1.09. The monoisotopic (exact) mass is 278 g/mol. The number of anilines is 1. The highest BCUT2D eigenvalue weighted by Gasteiger charge is 2.23. The lowest BCUT2D eigenvalue weighted by molar-refractivity contribution is -0.384. The van der Waals surface area contributed by atoms with Gasteiger partial charge < -0.3 is 9.64 Å². The summed E-state index contributed by atoms with van der Waals surface area (Å²) in [7, 11) is 1.92. The Morgan fingerprint density at radius 2 is 2.05 bits per heavy atom. The number of hydrogen-bond donors (Lipinski definition) is 0. The van der Waals surface area contributed by atoms with Crippen LogP contribution in [-0.4, -0.2) is 37.0 Å². The summed E-state index contributed by atoms with van der Waals surface area (Å²) in [5.74, 6) is -0.164. The molecule has 0 N–H and O–H groups in total. The Balaban J connectivity index is 2.34. The highest BCUT2D eigenvalue weighted by molar-refractivity contribution is 6.00. The van der Waals surface area contributed by atoms with Gasteiger partial charge in [0.05, 0.1) is 4.92 Å². The quantitative estimate of drug-likeness (QED) is 0.480. The first-order valence-electron chi connectivity index (χ1n) is 6.60. The van der Waals surface area contributed by atoms with Crippen LogP contribution in [0.25, 0.3) is 0 Å². The summed E-state index contributed by atoms with van der Waals surface area (Å²) in [4.78, 5) is 24.1. The Labute approximate surface area is 117 Å². The average Bonchev–Trinajstić information content (AvgIpc) is 2.46. The van der Waals surface area contributed by atoms with E-state index in [0.717, 1.165) is 18.5 Å². The maximum atomic E-state index is 11.8. The molecule has 1 aromatic carbocycles. The van der Waals surface area contributed by atoms with Crippen molar-refractivity contribution in [3.63, 3.8) is 0 Å². The van der Waals surface area contributed by atoms with Crippen molar-refractivity contribution < 1.29 is 14.5 Å². The Morgan fingerprint density at radius 1 is 1.40 bits per heavy atom. The Bertz CT molecular complexity index is 524. The molecule has 1 aliphatic heterocycles. The molecule has 6 heteroatoms. The second kappa shape index (κ2) is 6.00. The van der Waals surface area contributed by atoms with E-state index in [0.29, 0.717) is 24.8 Å². The molecule has 1 aromatic rings. The van der Waals surface area contributed by atoms with Gasteiger partial charge >= 0.3 is 0 Å². The lowest BCUT2D eigenvalue weighted by atomic mass is 10.0. The van der Waals surface area contributed by atoms with Gasteiger partial charge in [-0.25, -0.2) is 0 Å². The smallest absolute Gasteiger partial charge is 0.270 e. The van der Waals surface area contributed by atoms with Gasteiger partial charge in [0.15, 0.2) is 5.78 Å². The topological polar surface area (TPSA) is 72.7 Å². The average molecular weight is 278 g/mol. The number of carbonyl (C=O) groups excluding carboxylic acids is 1. The standard InChI is InChI=1S/C14H18N2O4/c1-10(17)13-9-12(16(18)19)3-4-14(13)15(2)11-5-7-20-8-6-11/h3-4,9,11H,5-8H2,1-2H3. The van der Waals surface area contributed by atoms with Crippen LogP contribution in [0.5, 0.6) is 0 Å². The molecule has 1 heterocycles. The zero-order chi connectivity index (χ0) is 14.7. The third kappa shape index (κ3) is 2.96. The molecule has 108 valence electrons. The summed E-state index contributed by atoms with van der Waals surface area (Å²) < 4.78 is 5.33. The van der Waals surface area contributed by atoms with E-state index < -0.39 is 4.92 Å². The van der Waals surface area contributed by atoms with E-state index in [-0.39, 0.29) is 11.5 Å². The fourth-order valence-corrected chi connectivity index (χ4v) is 2.50. The van der Waals surface area contributed by atoms with E-state index in [1.165, 1.54) is 19.1 Å². The first kappa shape index (κ1) is 14.5. The van der Waals surface area contributed by atoms with Gasteiger partial charge in [-0.3, -0.25) is 14.9 Å². The zero-order valence-corrected chi connectivity index (χ0v) is 11.7. The summed E-state index contributed by atoms with van der Waals surface area (Å²) >= 11 is 0. The van der Waals surface area contributed by atoms with Crippen LogP contribution in [0, 0.1) is 10.1 Å². The van der Waals surface area contributed by atoms with Crippen LogP contribution in [0.4, 0.5) is 11.4 Å². The molecule has 0 saturated carbocycles. The lowest BCUT2D eigenvalue weighted by Crippen LogP contribution is -2.37. The van der Waals surface area contributed by atoms with Crippen LogP contribution in [0.2, 0.25) is 0 Å². The Morgan fingerprint density at radius 3 is 2.60 bits per heavy atom. The summed E-state index contributed by atoms with van der Waals surface area (Å²) in [6.07, 6.45) is 1.79. The maximum absolute atomic E-state index is 11.8. The molecule has 1 aliphatic rings. The fraction of sp³-hybridized carbons (Fsp3) is 0.500. The zero-order valence-electron chi connectivity index (χ0n) is 11.7. The van der Waals surface area contributed by atoms with Crippen molar-refractivity contribution >= 4 is 17.2 Å². The van der Waals surface area contributed by atoms with Crippen LogP contribution in [0.1, 0.15) is 30.1 Å². The molecule has 6 nitrogen and oxygen atoms in total. The first-order chi connectivity index (χ1) is 9.50. The minimum absolute atomic E-state index is 0.0562. The third-order valence-corrected chi connectivity index (χ3v) is 3.69.